The third-order valence-electron chi connectivity index (χ3n) is 3.67. The minimum Gasteiger partial charge on any atom is -0.372 e. The molecule has 0 spiro atoms. The Kier molecular flexibility index (Phi) is 4.76. The van der Waals surface area contributed by atoms with Gasteiger partial charge in [0.25, 0.3) is 0 Å². The van der Waals surface area contributed by atoms with Crippen LogP contribution in [-0.2, 0) is 0 Å². The van der Waals surface area contributed by atoms with E-state index in [9.17, 15) is 0 Å². The fourth-order valence-electron chi connectivity index (χ4n) is 2.64. The van der Waals surface area contributed by atoms with Gasteiger partial charge in [0.15, 0.2) is 0 Å². The molecule has 1 atom stereocenters. The van der Waals surface area contributed by atoms with Crippen LogP contribution in [0.3, 0.4) is 0 Å². The van der Waals surface area contributed by atoms with Crippen molar-refractivity contribution < 1.29 is 0 Å². The summed E-state index contributed by atoms with van der Waals surface area (Å²) >= 11 is 16.3. The summed E-state index contributed by atoms with van der Waals surface area (Å²) < 4.78 is 1.02. The van der Waals surface area contributed by atoms with E-state index in [2.05, 4.69) is 40.0 Å². The summed E-state index contributed by atoms with van der Waals surface area (Å²) in [5.74, 6) is 0. The molecule has 0 saturated heterocycles. The monoisotopic (exact) mass is 396 g/mol. The number of hydrogen-bond acceptors (Lipinski definition) is 2. The van der Waals surface area contributed by atoms with Crippen molar-refractivity contribution in [2.75, 3.05) is 25.0 Å². The van der Waals surface area contributed by atoms with E-state index in [1.807, 2.05) is 30.3 Å². The molecular weight excluding hydrogens is 383 g/mol. The van der Waals surface area contributed by atoms with E-state index in [1.165, 1.54) is 0 Å². The van der Waals surface area contributed by atoms with Crippen molar-refractivity contribution in [1.82, 2.24) is 0 Å². The lowest BCUT2D eigenvalue weighted by Gasteiger charge is -2.28. The van der Waals surface area contributed by atoms with Crippen LogP contribution >= 0.6 is 39.1 Å². The third-order valence-corrected chi connectivity index (χ3v) is 4.77. The Morgan fingerprint density at radius 2 is 1.95 bits per heavy atom. The Morgan fingerprint density at radius 1 is 1.18 bits per heavy atom. The van der Waals surface area contributed by atoms with Crippen LogP contribution in [0.5, 0.6) is 0 Å². The van der Waals surface area contributed by atoms with Crippen molar-refractivity contribution >= 4 is 50.5 Å². The Bertz CT molecular complexity index is 730. The van der Waals surface area contributed by atoms with Crippen LogP contribution < -0.4 is 4.90 Å². The standard InChI is InChI=1S/C17H15BrCl2N2/c1-22-10-12(19)9-21-17(13-4-2-3-5-15(13)20)14-8-11(18)6-7-16(14)22/h2-8,12H,9-10H2,1H3. The molecule has 0 amide bonds. The van der Waals surface area contributed by atoms with Gasteiger partial charge in [0.2, 0.25) is 0 Å². The molecule has 1 unspecified atom stereocenters. The fraction of sp³-hybridized carbons (Fsp3) is 0.235. The van der Waals surface area contributed by atoms with E-state index in [0.29, 0.717) is 11.6 Å². The van der Waals surface area contributed by atoms with Gasteiger partial charge in [-0.05, 0) is 24.3 Å². The van der Waals surface area contributed by atoms with Gasteiger partial charge in [-0.1, -0.05) is 45.7 Å². The molecule has 2 aromatic rings. The molecule has 2 aromatic carbocycles. The number of alkyl halides is 1. The number of anilines is 1. The van der Waals surface area contributed by atoms with Crippen molar-refractivity contribution in [3.8, 4) is 0 Å². The molecule has 0 aromatic heterocycles. The average molecular weight is 398 g/mol. The molecule has 0 saturated carbocycles. The van der Waals surface area contributed by atoms with Crippen LogP contribution in [0.2, 0.25) is 5.02 Å². The highest BCUT2D eigenvalue weighted by atomic mass is 79.9. The summed E-state index contributed by atoms with van der Waals surface area (Å²) in [6, 6.07) is 14.0. The minimum absolute atomic E-state index is 0.0284. The predicted molar refractivity (Wildman–Crippen MR) is 99.0 cm³/mol. The fourth-order valence-corrected chi connectivity index (χ4v) is 3.51. The molecule has 0 bridgehead atoms. The molecule has 2 nitrogen and oxygen atoms in total. The molecule has 22 heavy (non-hydrogen) atoms. The minimum atomic E-state index is -0.0284. The molecule has 114 valence electrons. The molecule has 0 aliphatic carbocycles. The van der Waals surface area contributed by atoms with Crippen LogP contribution in [0.15, 0.2) is 51.9 Å². The lowest BCUT2D eigenvalue weighted by Crippen LogP contribution is -2.31. The van der Waals surface area contributed by atoms with Crippen molar-refractivity contribution in [2.45, 2.75) is 5.38 Å². The van der Waals surface area contributed by atoms with Crippen molar-refractivity contribution in [1.29, 1.82) is 0 Å². The smallest absolute Gasteiger partial charge is 0.0755 e. The van der Waals surface area contributed by atoms with E-state index in [-0.39, 0.29) is 5.38 Å². The Balaban J connectivity index is 2.23. The lowest BCUT2D eigenvalue weighted by molar-refractivity contribution is 0.798. The highest BCUT2D eigenvalue weighted by Crippen LogP contribution is 2.30. The van der Waals surface area contributed by atoms with Crippen molar-refractivity contribution in [2.24, 2.45) is 4.99 Å². The first kappa shape index (κ1) is 15.9. The summed E-state index contributed by atoms with van der Waals surface area (Å²) in [7, 11) is 2.05. The van der Waals surface area contributed by atoms with Crippen LogP contribution in [0, 0.1) is 0 Å². The van der Waals surface area contributed by atoms with Crippen LogP contribution in [0.1, 0.15) is 11.1 Å². The zero-order valence-electron chi connectivity index (χ0n) is 12.1. The molecular formula is C17H15BrCl2N2. The van der Waals surface area contributed by atoms with E-state index < -0.39 is 0 Å². The maximum Gasteiger partial charge on any atom is 0.0755 e. The summed E-state index contributed by atoms with van der Waals surface area (Å²) in [6.45, 7) is 1.33. The van der Waals surface area contributed by atoms with E-state index >= 15 is 0 Å². The Morgan fingerprint density at radius 3 is 2.73 bits per heavy atom. The normalized spacial score (nSPS) is 18.3. The van der Waals surface area contributed by atoms with Gasteiger partial charge in [-0.25, -0.2) is 0 Å². The second kappa shape index (κ2) is 6.61. The van der Waals surface area contributed by atoms with Crippen molar-refractivity contribution in [3.63, 3.8) is 0 Å². The van der Waals surface area contributed by atoms with E-state index in [4.69, 9.17) is 28.2 Å². The van der Waals surface area contributed by atoms with Crippen LogP contribution in [-0.4, -0.2) is 31.2 Å². The largest absolute Gasteiger partial charge is 0.372 e. The molecule has 5 heteroatoms. The molecule has 1 aliphatic rings. The topological polar surface area (TPSA) is 15.6 Å². The number of fused-ring (bicyclic) bond motifs is 1. The number of nitrogens with zero attached hydrogens (tertiary/aromatic N) is 2. The second-order valence-electron chi connectivity index (χ2n) is 5.31. The number of rotatable bonds is 1. The number of benzene rings is 2. The molecule has 1 heterocycles. The van der Waals surface area contributed by atoms with Gasteiger partial charge in [0.05, 0.1) is 17.6 Å². The first-order valence-electron chi connectivity index (χ1n) is 7.00. The van der Waals surface area contributed by atoms with Crippen LogP contribution in [0.25, 0.3) is 0 Å². The first-order chi connectivity index (χ1) is 10.6. The number of halogens is 3. The maximum absolute atomic E-state index is 6.39. The van der Waals surface area contributed by atoms with Crippen molar-refractivity contribution in [3.05, 3.63) is 63.1 Å². The summed E-state index contributed by atoms with van der Waals surface area (Å²) in [5, 5.41) is 0.667. The van der Waals surface area contributed by atoms with Gasteiger partial charge >= 0.3 is 0 Å². The first-order valence-corrected chi connectivity index (χ1v) is 8.61. The zero-order valence-corrected chi connectivity index (χ0v) is 15.2. The summed E-state index contributed by atoms with van der Waals surface area (Å²) in [4.78, 5) is 6.94. The second-order valence-corrected chi connectivity index (χ2v) is 7.25. The highest BCUT2D eigenvalue weighted by Gasteiger charge is 2.21. The predicted octanol–water partition coefficient (Wildman–Crippen LogP) is 5.00. The molecule has 0 N–H and O–H groups in total. The number of hydrogen-bond donors (Lipinski definition) is 0. The summed E-state index contributed by atoms with van der Waals surface area (Å²) in [6.07, 6.45) is 0. The summed E-state index contributed by atoms with van der Waals surface area (Å²) in [5.41, 5.74) is 3.99. The van der Waals surface area contributed by atoms with Gasteiger partial charge < -0.3 is 4.90 Å². The lowest BCUT2D eigenvalue weighted by atomic mass is 9.99. The Labute approximate surface area is 148 Å². The molecule has 3 rings (SSSR count). The Hall–Kier alpha value is -1.03. The van der Waals surface area contributed by atoms with E-state index in [0.717, 1.165) is 33.5 Å². The zero-order chi connectivity index (χ0) is 15.7. The molecule has 0 radical (unpaired) electrons. The highest BCUT2D eigenvalue weighted by molar-refractivity contribution is 9.10. The SMILES string of the molecule is CN1CC(Cl)CN=C(c2ccccc2Cl)c2cc(Br)ccc21. The molecule has 1 aliphatic heterocycles. The molecule has 0 fully saturated rings. The van der Waals surface area contributed by atoms with E-state index in [1.54, 1.807) is 0 Å². The quantitative estimate of drug-likeness (QED) is 0.618. The van der Waals surface area contributed by atoms with Crippen LogP contribution in [0.4, 0.5) is 5.69 Å². The van der Waals surface area contributed by atoms with Gasteiger partial charge in [0, 0.05) is 39.9 Å². The van der Waals surface area contributed by atoms with Gasteiger partial charge in [0.1, 0.15) is 0 Å². The number of aliphatic imine (C=N–C) groups is 1. The average Bonchev–Trinajstić information content (AvgIpc) is 2.48. The third kappa shape index (κ3) is 3.17. The van der Waals surface area contributed by atoms with Gasteiger partial charge in [-0.2, -0.15) is 0 Å². The van der Waals surface area contributed by atoms with Gasteiger partial charge in [-0.3, -0.25) is 4.99 Å². The van der Waals surface area contributed by atoms with Gasteiger partial charge in [-0.15, -0.1) is 11.6 Å². The maximum atomic E-state index is 6.39.